The highest BCUT2D eigenvalue weighted by Gasteiger charge is 2.16. The molecule has 0 saturated carbocycles. The number of amides is 1. The summed E-state index contributed by atoms with van der Waals surface area (Å²) in [6.45, 7) is 0. The number of benzene rings is 2. The molecule has 0 radical (unpaired) electrons. The van der Waals surface area contributed by atoms with E-state index in [0.717, 1.165) is 16.3 Å². The number of hydrogen-bond donors (Lipinski definition) is 3. The van der Waals surface area contributed by atoms with Crippen LogP contribution in [0.2, 0.25) is 5.02 Å². The topological polar surface area (TPSA) is 86.5 Å². The van der Waals surface area contributed by atoms with Crippen LogP contribution in [0.5, 0.6) is 0 Å². The number of rotatable bonds is 2. The van der Waals surface area contributed by atoms with Crippen LogP contribution in [0.25, 0.3) is 21.8 Å². The van der Waals surface area contributed by atoms with E-state index < -0.39 is 0 Å². The van der Waals surface area contributed by atoms with Crippen molar-refractivity contribution in [3.05, 3.63) is 53.3 Å². The number of carbonyl (C=O) groups excluding carboxylic acids is 1. The van der Waals surface area contributed by atoms with Gasteiger partial charge in [-0.15, -0.1) is 0 Å². The third kappa shape index (κ3) is 2.01. The van der Waals surface area contributed by atoms with Gasteiger partial charge in [-0.2, -0.15) is 10.2 Å². The number of halogens is 1. The van der Waals surface area contributed by atoms with Crippen molar-refractivity contribution in [3.8, 4) is 0 Å². The van der Waals surface area contributed by atoms with Crippen molar-refractivity contribution in [3.63, 3.8) is 0 Å². The maximum absolute atomic E-state index is 12.4. The zero-order chi connectivity index (χ0) is 15.1. The van der Waals surface area contributed by atoms with Crippen LogP contribution in [0.4, 0.5) is 5.69 Å². The number of fused-ring (bicyclic) bond motifs is 3. The van der Waals surface area contributed by atoms with Crippen molar-refractivity contribution in [1.82, 2.24) is 20.4 Å². The molecule has 2 aromatic carbocycles. The summed E-state index contributed by atoms with van der Waals surface area (Å²) in [7, 11) is 0. The summed E-state index contributed by atoms with van der Waals surface area (Å²) in [6, 6.07) is 10.7. The van der Waals surface area contributed by atoms with Crippen molar-refractivity contribution in [1.29, 1.82) is 0 Å². The van der Waals surface area contributed by atoms with E-state index >= 15 is 0 Å². The fourth-order valence-electron chi connectivity index (χ4n) is 2.43. The summed E-state index contributed by atoms with van der Waals surface area (Å²) in [4.78, 5) is 12.4. The first-order valence-corrected chi connectivity index (χ1v) is 6.97. The molecule has 0 spiro atoms. The van der Waals surface area contributed by atoms with Gasteiger partial charge in [0, 0.05) is 21.5 Å². The Labute approximate surface area is 129 Å². The molecule has 1 amide bonds. The largest absolute Gasteiger partial charge is 0.321 e. The molecule has 0 bridgehead atoms. The highest BCUT2D eigenvalue weighted by Crippen LogP contribution is 2.25. The highest BCUT2D eigenvalue weighted by atomic mass is 35.5. The standard InChI is InChI=1S/C15H10ClN5O/c16-8-2-1-3-9(6-8)18-15(22)14-10-4-5-12-11(7-17-19-12)13(10)20-21-14/h1-7H,(H,17,19)(H,18,22)(H,20,21). The summed E-state index contributed by atoms with van der Waals surface area (Å²) in [5.41, 5.74) is 2.62. The van der Waals surface area contributed by atoms with E-state index in [1.807, 2.05) is 12.1 Å². The summed E-state index contributed by atoms with van der Waals surface area (Å²) in [5, 5.41) is 18.9. The van der Waals surface area contributed by atoms with E-state index in [-0.39, 0.29) is 5.91 Å². The number of nitrogens with one attached hydrogen (secondary N) is 3. The van der Waals surface area contributed by atoms with Gasteiger partial charge in [-0.3, -0.25) is 15.0 Å². The van der Waals surface area contributed by atoms with Gasteiger partial charge < -0.3 is 5.32 Å². The Balaban J connectivity index is 1.75. The van der Waals surface area contributed by atoms with E-state index in [1.54, 1.807) is 30.5 Å². The number of aromatic nitrogens is 4. The predicted octanol–water partition coefficient (Wildman–Crippen LogP) is 3.34. The number of hydrogen-bond acceptors (Lipinski definition) is 3. The van der Waals surface area contributed by atoms with Crippen LogP contribution in [0.15, 0.2) is 42.6 Å². The second-order valence-corrected chi connectivity index (χ2v) is 5.29. The lowest BCUT2D eigenvalue weighted by molar-refractivity contribution is 0.102. The van der Waals surface area contributed by atoms with Crippen LogP contribution >= 0.6 is 11.6 Å². The third-order valence-electron chi connectivity index (χ3n) is 3.45. The van der Waals surface area contributed by atoms with Crippen LogP contribution in [-0.2, 0) is 0 Å². The Morgan fingerprint density at radius 3 is 2.91 bits per heavy atom. The molecule has 4 aromatic rings. The number of H-pyrrole nitrogens is 2. The van der Waals surface area contributed by atoms with Crippen molar-refractivity contribution >= 4 is 45.0 Å². The monoisotopic (exact) mass is 311 g/mol. The molecule has 0 fully saturated rings. The van der Waals surface area contributed by atoms with Crippen molar-refractivity contribution in [2.75, 3.05) is 5.32 Å². The Morgan fingerprint density at radius 1 is 1.14 bits per heavy atom. The van der Waals surface area contributed by atoms with E-state index in [1.165, 1.54) is 0 Å². The third-order valence-corrected chi connectivity index (χ3v) is 3.69. The minimum Gasteiger partial charge on any atom is -0.321 e. The minimum absolute atomic E-state index is 0.271. The van der Waals surface area contributed by atoms with Gasteiger partial charge in [0.15, 0.2) is 0 Å². The molecular weight excluding hydrogens is 302 g/mol. The molecule has 3 N–H and O–H groups in total. The highest BCUT2D eigenvalue weighted by molar-refractivity contribution is 6.31. The lowest BCUT2D eigenvalue weighted by Gasteiger charge is -2.04. The second kappa shape index (κ2) is 4.85. The van der Waals surface area contributed by atoms with Gasteiger partial charge in [-0.05, 0) is 30.3 Å². The molecule has 0 atom stereocenters. The molecule has 108 valence electrons. The first-order chi connectivity index (χ1) is 10.7. The summed E-state index contributed by atoms with van der Waals surface area (Å²) < 4.78 is 0. The molecule has 4 rings (SSSR count). The number of anilines is 1. The summed E-state index contributed by atoms with van der Waals surface area (Å²) in [5.74, 6) is -0.271. The number of carbonyl (C=O) groups is 1. The van der Waals surface area contributed by atoms with Gasteiger partial charge in [0.25, 0.3) is 5.91 Å². The number of nitrogens with zero attached hydrogens (tertiary/aromatic N) is 2. The fourth-order valence-corrected chi connectivity index (χ4v) is 2.62. The normalized spacial score (nSPS) is 11.1. The smallest absolute Gasteiger partial charge is 0.274 e. The molecular formula is C15H10ClN5O. The maximum atomic E-state index is 12.4. The van der Waals surface area contributed by atoms with Crippen LogP contribution in [-0.4, -0.2) is 26.3 Å². The zero-order valence-electron chi connectivity index (χ0n) is 11.2. The maximum Gasteiger partial charge on any atom is 0.274 e. The zero-order valence-corrected chi connectivity index (χ0v) is 12.0. The van der Waals surface area contributed by atoms with Crippen LogP contribution < -0.4 is 5.32 Å². The van der Waals surface area contributed by atoms with Gasteiger partial charge >= 0.3 is 0 Å². The fraction of sp³-hybridized carbons (Fsp3) is 0. The Bertz CT molecular complexity index is 1000. The molecule has 22 heavy (non-hydrogen) atoms. The average Bonchev–Trinajstić information content (AvgIpc) is 3.13. The van der Waals surface area contributed by atoms with Gasteiger partial charge in [0.1, 0.15) is 11.2 Å². The first-order valence-electron chi connectivity index (χ1n) is 6.59. The molecule has 2 heterocycles. The van der Waals surface area contributed by atoms with Gasteiger partial charge in [0.05, 0.1) is 11.7 Å². The van der Waals surface area contributed by atoms with E-state index in [2.05, 4.69) is 25.7 Å². The molecule has 6 nitrogen and oxygen atoms in total. The van der Waals surface area contributed by atoms with Crippen LogP contribution in [0, 0.1) is 0 Å². The molecule has 0 aliphatic rings. The number of aromatic amines is 2. The van der Waals surface area contributed by atoms with Gasteiger partial charge in [-0.1, -0.05) is 17.7 Å². The lowest BCUT2D eigenvalue weighted by Crippen LogP contribution is -2.12. The molecule has 0 saturated heterocycles. The SMILES string of the molecule is O=C(Nc1cccc(Cl)c1)c1[nH]nc2c1ccc1[nH]ncc12. The molecule has 0 aliphatic heterocycles. The Kier molecular flexibility index (Phi) is 2.83. The molecule has 2 aromatic heterocycles. The van der Waals surface area contributed by atoms with Crippen LogP contribution in [0.3, 0.4) is 0 Å². The lowest BCUT2D eigenvalue weighted by atomic mass is 10.1. The van der Waals surface area contributed by atoms with E-state index in [0.29, 0.717) is 21.9 Å². The summed E-state index contributed by atoms with van der Waals surface area (Å²) in [6.07, 6.45) is 1.69. The molecule has 7 heteroatoms. The predicted molar refractivity (Wildman–Crippen MR) is 85.2 cm³/mol. The Morgan fingerprint density at radius 2 is 2.05 bits per heavy atom. The van der Waals surface area contributed by atoms with Crippen molar-refractivity contribution in [2.24, 2.45) is 0 Å². The second-order valence-electron chi connectivity index (χ2n) is 4.86. The first kappa shape index (κ1) is 12.8. The van der Waals surface area contributed by atoms with E-state index in [9.17, 15) is 4.79 Å². The van der Waals surface area contributed by atoms with Gasteiger partial charge in [0.2, 0.25) is 0 Å². The van der Waals surface area contributed by atoms with Crippen molar-refractivity contribution in [2.45, 2.75) is 0 Å². The van der Waals surface area contributed by atoms with E-state index in [4.69, 9.17) is 11.6 Å². The van der Waals surface area contributed by atoms with Gasteiger partial charge in [-0.25, -0.2) is 0 Å². The quantitative estimate of drug-likeness (QED) is 0.530. The minimum atomic E-state index is -0.271. The summed E-state index contributed by atoms with van der Waals surface area (Å²) >= 11 is 5.92. The Hall–Kier alpha value is -2.86. The molecule has 0 unspecified atom stereocenters. The molecule has 0 aliphatic carbocycles. The van der Waals surface area contributed by atoms with Crippen LogP contribution in [0.1, 0.15) is 10.5 Å². The van der Waals surface area contributed by atoms with Crippen molar-refractivity contribution < 1.29 is 4.79 Å². The average molecular weight is 312 g/mol.